The number of amides is 1. The minimum Gasteiger partial charge on any atom is -0.338 e. The molecule has 0 radical (unpaired) electrons. The van der Waals surface area contributed by atoms with Gasteiger partial charge in [0.15, 0.2) is 0 Å². The molecule has 0 aromatic heterocycles. The maximum absolute atomic E-state index is 13.2. The third-order valence-electron chi connectivity index (χ3n) is 3.57. The summed E-state index contributed by atoms with van der Waals surface area (Å²) in [4.78, 5) is 14.1. The molecule has 0 aliphatic carbocycles. The van der Waals surface area contributed by atoms with Crippen molar-refractivity contribution in [2.24, 2.45) is 11.7 Å². The lowest BCUT2D eigenvalue weighted by Gasteiger charge is -2.32. The Bertz CT molecular complexity index is 453. The maximum Gasteiger partial charge on any atom is 0.254 e. The number of piperidine rings is 1. The Morgan fingerprint density at radius 2 is 2.26 bits per heavy atom. The molecule has 1 heterocycles. The molecule has 5 heteroatoms. The van der Waals surface area contributed by atoms with Crippen LogP contribution in [0.4, 0.5) is 4.39 Å². The number of halogens is 2. The number of likely N-dealkylation sites (tertiary alicyclic amines) is 1. The number of benzene rings is 1. The predicted octanol–water partition coefficient (Wildman–Crippen LogP) is 2.37. The Morgan fingerprint density at radius 3 is 2.95 bits per heavy atom. The molecule has 1 unspecified atom stereocenters. The van der Waals surface area contributed by atoms with Gasteiger partial charge in [0.05, 0.1) is 0 Å². The lowest BCUT2D eigenvalue weighted by molar-refractivity contribution is 0.0677. The molecule has 0 bridgehead atoms. The molecule has 1 aromatic carbocycles. The fourth-order valence-electron chi connectivity index (χ4n) is 2.44. The number of carbonyl (C=O) groups is 1. The second-order valence-corrected chi connectivity index (χ2v) is 4.95. The standard InChI is InChI=1S/C14H19FN2O.ClH/c1-10-4-5-12(15)7-13(10)14(18)17-6-2-3-11(8-16)9-17;/h4-5,7,11H,2-3,6,8-9,16H2,1H3;1H. The lowest BCUT2D eigenvalue weighted by Crippen LogP contribution is -2.42. The van der Waals surface area contributed by atoms with E-state index in [1.807, 2.05) is 6.92 Å². The van der Waals surface area contributed by atoms with Crippen molar-refractivity contribution < 1.29 is 9.18 Å². The number of rotatable bonds is 2. The second-order valence-electron chi connectivity index (χ2n) is 4.95. The summed E-state index contributed by atoms with van der Waals surface area (Å²) in [7, 11) is 0. The van der Waals surface area contributed by atoms with E-state index in [1.165, 1.54) is 12.1 Å². The average molecular weight is 287 g/mol. The minimum atomic E-state index is -0.365. The van der Waals surface area contributed by atoms with Crippen LogP contribution >= 0.6 is 12.4 Å². The van der Waals surface area contributed by atoms with Gasteiger partial charge in [0.25, 0.3) is 5.91 Å². The van der Waals surface area contributed by atoms with Gasteiger partial charge >= 0.3 is 0 Å². The molecule has 106 valence electrons. The van der Waals surface area contributed by atoms with Crippen LogP contribution in [0.25, 0.3) is 0 Å². The van der Waals surface area contributed by atoms with Crippen molar-refractivity contribution in [2.45, 2.75) is 19.8 Å². The van der Waals surface area contributed by atoms with E-state index in [0.29, 0.717) is 24.6 Å². The fourth-order valence-corrected chi connectivity index (χ4v) is 2.44. The normalized spacial score (nSPS) is 18.9. The monoisotopic (exact) mass is 286 g/mol. The summed E-state index contributed by atoms with van der Waals surface area (Å²) in [6, 6.07) is 4.35. The third-order valence-corrected chi connectivity index (χ3v) is 3.57. The van der Waals surface area contributed by atoms with Crippen molar-refractivity contribution >= 4 is 18.3 Å². The smallest absolute Gasteiger partial charge is 0.254 e. The van der Waals surface area contributed by atoms with Crippen molar-refractivity contribution in [3.63, 3.8) is 0 Å². The van der Waals surface area contributed by atoms with E-state index >= 15 is 0 Å². The van der Waals surface area contributed by atoms with Crippen LogP contribution < -0.4 is 5.73 Å². The topological polar surface area (TPSA) is 46.3 Å². The zero-order valence-corrected chi connectivity index (χ0v) is 11.9. The van der Waals surface area contributed by atoms with Crippen molar-refractivity contribution in [1.29, 1.82) is 0 Å². The molecule has 2 N–H and O–H groups in total. The third kappa shape index (κ3) is 3.67. The van der Waals surface area contributed by atoms with E-state index in [-0.39, 0.29) is 24.1 Å². The first-order chi connectivity index (χ1) is 8.61. The first-order valence-corrected chi connectivity index (χ1v) is 6.37. The highest BCUT2D eigenvalue weighted by Crippen LogP contribution is 2.19. The van der Waals surface area contributed by atoms with Crippen LogP contribution in [0.3, 0.4) is 0 Å². The first-order valence-electron chi connectivity index (χ1n) is 6.37. The molecule has 1 atom stereocenters. The van der Waals surface area contributed by atoms with Gasteiger partial charge in [-0.15, -0.1) is 12.4 Å². The molecule has 2 rings (SSSR count). The van der Waals surface area contributed by atoms with E-state index in [4.69, 9.17) is 5.73 Å². The number of hydrogen-bond donors (Lipinski definition) is 1. The van der Waals surface area contributed by atoms with Crippen LogP contribution in [0, 0.1) is 18.7 Å². The van der Waals surface area contributed by atoms with Gasteiger partial charge in [-0.3, -0.25) is 4.79 Å². The Morgan fingerprint density at radius 1 is 1.53 bits per heavy atom. The average Bonchev–Trinajstić information content (AvgIpc) is 2.41. The summed E-state index contributed by atoms with van der Waals surface area (Å²) in [6.07, 6.45) is 2.05. The quantitative estimate of drug-likeness (QED) is 0.907. The van der Waals surface area contributed by atoms with Crippen molar-refractivity contribution in [3.05, 3.63) is 35.1 Å². The zero-order chi connectivity index (χ0) is 13.1. The maximum atomic E-state index is 13.2. The van der Waals surface area contributed by atoms with Gasteiger partial charge < -0.3 is 10.6 Å². The number of hydrogen-bond acceptors (Lipinski definition) is 2. The summed E-state index contributed by atoms with van der Waals surface area (Å²) >= 11 is 0. The Balaban J connectivity index is 0.00000180. The molecule has 1 aliphatic heterocycles. The molecule has 3 nitrogen and oxygen atoms in total. The molecule has 1 fully saturated rings. The van der Waals surface area contributed by atoms with E-state index in [9.17, 15) is 9.18 Å². The van der Waals surface area contributed by atoms with E-state index in [2.05, 4.69) is 0 Å². The molecule has 19 heavy (non-hydrogen) atoms. The number of aryl methyl sites for hydroxylation is 1. The predicted molar refractivity (Wildman–Crippen MR) is 76.1 cm³/mol. The molecule has 1 aromatic rings. The number of carbonyl (C=O) groups excluding carboxylic acids is 1. The highest BCUT2D eigenvalue weighted by molar-refractivity contribution is 5.95. The Labute approximate surface area is 119 Å². The van der Waals surface area contributed by atoms with Crippen molar-refractivity contribution in [2.75, 3.05) is 19.6 Å². The summed E-state index contributed by atoms with van der Waals surface area (Å²) in [5.41, 5.74) is 6.94. The van der Waals surface area contributed by atoms with Gasteiger partial charge in [0.1, 0.15) is 5.82 Å². The summed E-state index contributed by atoms with van der Waals surface area (Å²) < 4.78 is 13.2. The van der Waals surface area contributed by atoms with Gasteiger partial charge in [-0.05, 0) is 49.9 Å². The molecule has 0 spiro atoms. The lowest BCUT2D eigenvalue weighted by atomic mass is 9.97. The van der Waals surface area contributed by atoms with Crippen LogP contribution in [0.1, 0.15) is 28.8 Å². The van der Waals surface area contributed by atoms with Crippen LogP contribution in [0.5, 0.6) is 0 Å². The Kier molecular flexibility index (Phi) is 5.76. The van der Waals surface area contributed by atoms with Gasteiger partial charge in [-0.1, -0.05) is 6.07 Å². The largest absolute Gasteiger partial charge is 0.338 e. The van der Waals surface area contributed by atoms with Crippen LogP contribution in [0.2, 0.25) is 0 Å². The molecule has 1 saturated heterocycles. The number of nitrogens with zero attached hydrogens (tertiary/aromatic N) is 1. The van der Waals surface area contributed by atoms with Crippen LogP contribution in [-0.4, -0.2) is 30.4 Å². The zero-order valence-electron chi connectivity index (χ0n) is 11.1. The molecular formula is C14H20ClFN2O. The molecular weight excluding hydrogens is 267 g/mol. The van der Waals surface area contributed by atoms with Crippen LogP contribution in [0.15, 0.2) is 18.2 Å². The van der Waals surface area contributed by atoms with Crippen molar-refractivity contribution in [3.8, 4) is 0 Å². The van der Waals surface area contributed by atoms with E-state index < -0.39 is 0 Å². The van der Waals surface area contributed by atoms with Crippen molar-refractivity contribution in [1.82, 2.24) is 4.90 Å². The van der Waals surface area contributed by atoms with Crippen LogP contribution in [-0.2, 0) is 0 Å². The van der Waals surface area contributed by atoms with Gasteiger partial charge in [-0.2, -0.15) is 0 Å². The van der Waals surface area contributed by atoms with Gasteiger partial charge in [0, 0.05) is 18.7 Å². The molecule has 0 saturated carbocycles. The molecule has 1 aliphatic rings. The first kappa shape index (κ1) is 15.9. The SMILES string of the molecule is Cc1ccc(F)cc1C(=O)N1CCCC(CN)C1.Cl. The summed E-state index contributed by atoms with van der Waals surface area (Å²) in [5, 5.41) is 0. The summed E-state index contributed by atoms with van der Waals surface area (Å²) in [6.45, 7) is 3.86. The Hall–Kier alpha value is -1.13. The highest BCUT2D eigenvalue weighted by Gasteiger charge is 2.24. The number of nitrogens with two attached hydrogens (primary N) is 1. The second kappa shape index (κ2) is 6.87. The minimum absolute atomic E-state index is 0. The highest BCUT2D eigenvalue weighted by atomic mass is 35.5. The van der Waals surface area contributed by atoms with Gasteiger partial charge in [-0.25, -0.2) is 4.39 Å². The van der Waals surface area contributed by atoms with E-state index in [0.717, 1.165) is 24.9 Å². The van der Waals surface area contributed by atoms with E-state index in [1.54, 1.807) is 11.0 Å². The fraction of sp³-hybridized carbons (Fsp3) is 0.500. The van der Waals surface area contributed by atoms with Gasteiger partial charge in [0.2, 0.25) is 0 Å². The summed E-state index contributed by atoms with van der Waals surface area (Å²) in [5.74, 6) is -0.0713. The molecule has 1 amide bonds.